The van der Waals surface area contributed by atoms with Gasteiger partial charge in [0.2, 0.25) is 0 Å². The van der Waals surface area contributed by atoms with Crippen LogP contribution >= 0.6 is 0 Å². The number of amides is 1. The zero-order chi connectivity index (χ0) is 12.0. The first-order valence-electron chi connectivity index (χ1n) is 4.80. The summed E-state index contributed by atoms with van der Waals surface area (Å²) in [5.41, 5.74) is 7.26. The van der Waals surface area contributed by atoms with Crippen molar-refractivity contribution < 1.29 is 4.79 Å². The summed E-state index contributed by atoms with van der Waals surface area (Å²) in [6, 6.07) is 7.07. The van der Waals surface area contributed by atoms with Crippen molar-refractivity contribution in [2.45, 2.75) is 0 Å². The molecule has 0 aliphatic rings. The van der Waals surface area contributed by atoms with Crippen LogP contribution in [-0.4, -0.2) is 5.91 Å². The molecule has 0 spiro atoms. The zero-order valence-electron chi connectivity index (χ0n) is 8.94. The van der Waals surface area contributed by atoms with Gasteiger partial charge in [-0.05, 0) is 12.1 Å². The van der Waals surface area contributed by atoms with Gasteiger partial charge in [-0.3, -0.25) is 4.79 Å². The molecular weight excluding hydrogens is 200 g/mol. The van der Waals surface area contributed by atoms with Crippen molar-refractivity contribution in [2.75, 3.05) is 11.1 Å². The predicted molar refractivity (Wildman–Crippen MR) is 68.0 cm³/mol. The monoisotopic (exact) mass is 214 g/mol. The van der Waals surface area contributed by atoms with E-state index in [9.17, 15) is 4.79 Å². The second kappa shape index (κ2) is 5.56. The van der Waals surface area contributed by atoms with Crippen molar-refractivity contribution >= 4 is 17.3 Å². The van der Waals surface area contributed by atoms with E-state index < -0.39 is 0 Å². The average molecular weight is 214 g/mol. The van der Waals surface area contributed by atoms with Crippen molar-refractivity contribution in [1.82, 2.24) is 0 Å². The van der Waals surface area contributed by atoms with Gasteiger partial charge in [-0.15, -0.1) is 0 Å². The van der Waals surface area contributed by atoms with Gasteiger partial charge >= 0.3 is 0 Å². The van der Waals surface area contributed by atoms with E-state index in [1.807, 2.05) is 0 Å². The number of para-hydroxylation sites is 2. The highest BCUT2D eigenvalue weighted by Gasteiger charge is 2.06. The van der Waals surface area contributed by atoms with Crippen molar-refractivity contribution in [3.63, 3.8) is 0 Å². The lowest BCUT2D eigenvalue weighted by atomic mass is 10.2. The van der Waals surface area contributed by atoms with E-state index in [0.717, 1.165) is 0 Å². The van der Waals surface area contributed by atoms with Crippen molar-refractivity contribution in [3.8, 4) is 0 Å². The van der Waals surface area contributed by atoms with Crippen LogP contribution in [0.3, 0.4) is 0 Å². The molecule has 0 fully saturated rings. The Balaban J connectivity index is 2.86. The molecule has 1 amide bonds. The fraction of sp³-hybridized carbons (Fsp3) is 0. The van der Waals surface area contributed by atoms with Gasteiger partial charge in [-0.25, -0.2) is 0 Å². The van der Waals surface area contributed by atoms with E-state index in [4.69, 9.17) is 5.73 Å². The minimum absolute atomic E-state index is 0.257. The lowest BCUT2D eigenvalue weighted by Gasteiger charge is -2.07. The number of benzene rings is 1. The molecule has 0 aromatic heterocycles. The molecule has 3 N–H and O–H groups in total. The van der Waals surface area contributed by atoms with Gasteiger partial charge in [0.1, 0.15) is 0 Å². The fourth-order valence-electron chi connectivity index (χ4n) is 1.17. The Hall–Kier alpha value is -2.29. The maximum Gasteiger partial charge on any atom is 0.255 e. The molecule has 1 aromatic rings. The fourth-order valence-corrected chi connectivity index (χ4v) is 1.17. The number of anilines is 2. The number of hydrogen-bond acceptors (Lipinski definition) is 2. The molecule has 0 aliphatic carbocycles. The molecule has 3 heteroatoms. The molecule has 0 aliphatic heterocycles. The SMILES string of the molecule is C=CC=C(C=C)C(=O)Nc1ccccc1N. The van der Waals surface area contributed by atoms with Crippen LogP contribution in [0.4, 0.5) is 11.4 Å². The molecule has 0 saturated carbocycles. The average Bonchev–Trinajstić information content (AvgIpc) is 2.29. The largest absolute Gasteiger partial charge is 0.397 e. The summed E-state index contributed by atoms with van der Waals surface area (Å²) in [6.07, 6.45) is 4.59. The summed E-state index contributed by atoms with van der Waals surface area (Å²) < 4.78 is 0. The second-order valence-electron chi connectivity index (χ2n) is 3.10. The minimum Gasteiger partial charge on any atom is -0.397 e. The third-order valence-electron chi connectivity index (χ3n) is 1.99. The molecule has 0 saturated heterocycles. The lowest BCUT2D eigenvalue weighted by molar-refractivity contribution is -0.112. The number of nitrogens with two attached hydrogens (primary N) is 1. The first kappa shape index (κ1) is 11.8. The smallest absolute Gasteiger partial charge is 0.255 e. The third kappa shape index (κ3) is 2.85. The Morgan fingerprint density at radius 2 is 2.00 bits per heavy atom. The van der Waals surface area contributed by atoms with Gasteiger partial charge in [0.15, 0.2) is 0 Å². The number of rotatable bonds is 4. The summed E-state index contributed by atoms with van der Waals surface area (Å²) in [5.74, 6) is -0.257. The van der Waals surface area contributed by atoms with E-state index in [2.05, 4.69) is 18.5 Å². The number of nitrogens with one attached hydrogen (secondary N) is 1. The lowest BCUT2D eigenvalue weighted by Crippen LogP contribution is -2.14. The van der Waals surface area contributed by atoms with Crippen LogP contribution in [0.2, 0.25) is 0 Å². The van der Waals surface area contributed by atoms with E-state index in [1.54, 1.807) is 30.3 Å². The van der Waals surface area contributed by atoms with E-state index in [-0.39, 0.29) is 5.91 Å². The summed E-state index contributed by atoms with van der Waals surface area (Å²) in [6.45, 7) is 7.08. The van der Waals surface area contributed by atoms with Gasteiger partial charge in [-0.2, -0.15) is 0 Å². The van der Waals surface area contributed by atoms with Gasteiger partial charge < -0.3 is 11.1 Å². The molecule has 0 heterocycles. The van der Waals surface area contributed by atoms with Crippen LogP contribution in [0.15, 0.2) is 61.2 Å². The topological polar surface area (TPSA) is 55.1 Å². The van der Waals surface area contributed by atoms with E-state index in [1.165, 1.54) is 12.2 Å². The molecule has 3 nitrogen and oxygen atoms in total. The van der Waals surface area contributed by atoms with Crippen LogP contribution in [-0.2, 0) is 4.79 Å². The highest BCUT2D eigenvalue weighted by atomic mass is 16.1. The Bertz CT molecular complexity index is 447. The van der Waals surface area contributed by atoms with Gasteiger partial charge in [0.25, 0.3) is 5.91 Å². The van der Waals surface area contributed by atoms with Crippen LogP contribution in [0.5, 0.6) is 0 Å². The Morgan fingerprint density at radius 3 is 2.56 bits per heavy atom. The number of nitrogen functional groups attached to an aromatic ring is 1. The van der Waals surface area contributed by atoms with Crippen LogP contribution in [0.1, 0.15) is 0 Å². The molecule has 0 bridgehead atoms. The number of allylic oxidation sites excluding steroid dienone is 2. The maximum absolute atomic E-state index is 11.7. The molecular formula is C13H14N2O. The van der Waals surface area contributed by atoms with Crippen molar-refractivity contribution in [2.24, 2.45) is 0 Å². The van der Waals surface area contributed by atoms with Gasteiger partial charge in [0.05, 0.1) is 11.4 Å². The quantitative estimate of drug-likeness (QED) is 0.459. The van der Waals surface area contributed by atoms with E-state index in [0.29, 0.717) is 16.9 Å². The second-order valence-corrected chi connectivity index (χ2v) is 3.10. The molecule has 1 rings (SSSR count). The zero-order valence-corrected chi connectivity index (χ0v) is 8.94. The van der Waals surface area contributed by atoms with Gasteiger partial charge in [-0.1, -0.05) is 43.5 Å². The number of carbonyl (C=O) groups is 1. The van der Waals surface area contributed by atoms with Crippen LogP contribution in [0, 0.1) is 0 Å². The normalized spacial score (nSPS) is 10.6. The summed E-state index contributed by atoms with van der Waals surface area (Å²) in [7, 11) is 0. The Morgan fingerprint density at radius 1 is 1.31 bits per heavy atom. The molecule has 1 aromatic carbocycles. The molecule has 16 heavy (non-hydrogen) atoms. The standard InChI is InChI=1S/C13H14N2O/c1-3-7-10(4-2)13(16)15-12-9-6-5-8-11(12)14/h3-9H,1-2,14H2,(H,15,16). The number of carbonyl (C=O) groups excluding carboxylic acids is 1. The van der Waals surface area contributed by atoms with E-state index >= 15 is 0 Å². The van der Waals surface area contributed by atoms with Crippen molar-refractivity contribution in [1.29, 1.82) is 0 Å². The Labute approximate surface area is 95.0 Å². The summed E-state index contributed by atoms with van der Waals surface area (Å²) >= 11 is 0. The highest BCUT2D eigenvalue weighted by molar-refractivity contribution is 6.07. The predicted octanol–water partition coefficient (Wildman–Crippen LogP) is 2.51. The van der Waals surface area contributed by atoms with Crippen LogP contribution < -0.4 is 11.1 Å². The molecule has 82 valence electrons. The highest BCUT2D eigenvalue weighted by Crippen LogP contribution is 2.17. The first-order valence-corrected chi connectivity index (χ1v) is 4.80. The van der Waals surface area contributed by atoms with Crippen LogP contribution in [0.25, 0.3) is 0 Å². The molecule has 0 atom stereocenters. The first-order chi connectivity index (χ1) is 7.69. The Kier molecular flexibility index (Phi) is 4.09. The summed E-state index contributed by atoms with van der Waals surface area (Å²) in [4.78, 5) is 11.7. The molecule has 0 radical (unpaired) electrons. The van der Waals surface area contributed by atoms with Gasteiger partial charge in [0, 0.05) is 5.57 Å². The molecule has 0 unspecified atom stereocenters. The third-order valence-corrected chi connectivity index (χ3v) is 1.99. The maximum atomic E-state index is 11.7. The number of hydrogen-bond donors (Lipinski definition) is 2. The summed E-state index contributed by atoms with van der Waals surface area (Å²) in [5, 5.41) is 2.69. The van der Waals surface area contributed by atoms with Crippen molar-refractivity contribution in [3.05, 3.63) is 61.2 Å². The minimum atomic E-state index is -0.257.